The van der Waals surface area contributed by atoms with Crippen molar-refractivity contribution < 1.29 is 5.11 Å². The van der Waals surface area contributed by atoms with Crippen molar-refractivity contribution in [1.29, 1.82) is 0 Å². The maximum atomic E-state index is 9.74. The van der Waals surface area contributed by atoms with Crippen LogP contribution in [0.2, 0.25) is 0 Å². The van der Waals surface area contributed by atoms with Crippen molar-refractivity contribution in [3.63, 3.8) is 0 Å². The summed E-state index contributed by atoms with van der Waals surface area (Å²) in [5, 5.41) is 9.74. The Morgan fingerprint density at radius 3 is 2.69 bits per heavy atom. The molecule has 1 aliphatic heterocycles. The minimum absolute atomic E-state index is 0.481. The van der Waals surface area contributed by atoms with Crippen LogP contribution < -0.4 is 10.6 Å². The lowest BCUT2D eigenvalue weighted by Crippen LogP contribution is -2.19. The molecule has 1 saturated heterocycles. The predicted octanol–water partition coefficient (Wildman–Crippen LogP) is 1.06. The van der Waals surface area contributed by atoms with Gasteiger partial charge in [0.25, 0.3) is 0 Å². The maximum Gasteiger partial charge on any atom is 0.128 e. The summed E-state index contributed by atoms with van der Waals surface area (Å²) in [7, 11) is 0. The summed E-state index contributed by atoms with van der Waals surface area (Å²) >= 11 is 0. The van der Waals surface area contributed by atoms with E-state index < -0.39 is 6.10 Å². The first-order valence-corrected chi connectivity index (χ1v) is 5.90. The zero-order valence-electron chi connectivity index (χ0n) is 9.47. The van der Waals surface area contributed by atoms with Gasteiger partial charge in [0.2, 0.25) is 0 Å². The highest BCUT2D eigenvalue weighted by Gasteiger charge is 2.14. The first kappa shape index (κ1) is 11.4. The van der Waals surface area contributed by atoms with Crippen molar-refractivity contribution >= 4 is 5.82 Å². The summed E-state index contributed by atoms with van der Waals surface area (Å²) < 4.78 is 0. The smallest absolute Gasteiger partial charge is 0.128 e. The van der Waals surface area contributed by atoms with Gasteiger partial charge < -0.3 is 15.7 Å². The number of aliphatic hydroxyl groups excluding tert-OH is 1. The van der Waals surface area contributed by atoms with Crippen molar-refractivity contribution in [3.8, 4) is 0 Å². The lowest BCUT2D eigenvalue weighted by Gasteiger charge is -2.17. The van der Waals surface area contributed by atoms with Gasteiger partial charge in [-0.05, 0) is 37.4 Å². The summed E-state index contributed by atoms with van der Waals surface area (Å²) in [6, 6.07) is 3.93. The molecule has 0 aliphatic carbocycles. The van der Waals surface area contributed by atoms with Crippen LogP contribution in [0.5, 0.6) is 0 Å². The topological polar surface area (TPSA) is 62.4 Å². The molecule has 16 heavy (non-hydrogen) atoms. The van der Waals surface area contributed by atoms with E-state index in [1.807, 2.05) is 12.1 Å². The summed E-state index contributed by atoms with van der Waals surface area (Å²) in [5.41, 5.74) is 6.26. The van der Waals surface area contributed by atoms with Crippen LogP contribution >= 0.6 is 0 Å². The van der Waals surface area contributed by atoms with Crippen LogP contribution in [0.25, 0.3) is 0 Å². The molecule has 4 heteroatoms. The van der Waals surface area contributed by atoms with Crippen LogP contribution in [0, 0.1) is 0 Å². The first-order chi connectivity index (χ1) is 7.81. The van der Waals surface area contributed by atoms with E-state index >= 15 is 0 Å². The maximum absolute atomic E-state index is 9.74. The number of rotatable bonds is 4. The molecule has 3 N–H and O–H groups in total. The quantitative estimate of drug-likeness (QED) is 0.798. The summed E-state index contributed by atoms with van der Waals surface area (Å²) in [4.78, 5) is 6.67. The van der Waals surface area contributed by atoms with Crippen LogP contribution in [0.4, 0.5) is 5.82 Å². The Kier molecular flexibility index (Phi) is 3.74. The van der Waals surface area contributed by atoms with Crippen molar-refractivity contribution in [2.45, 2.75) is 25.4 Å². The fourth-order valence-electron chi connectivity index (χ4n) is 2.05. The Hall–Kier alpha value is -1.13. The molecule has 0 aromatic carbocycles. The molecule has 0 spiro atoms. The molecule has 1 fully saturated rings. The molecule has 0 unspecified atom stereocenters. The van der Waals surface area contributed by atoms with Crippen LogP contribution in [0.15, 0.2) is 18.3 Å². The van der Waals surface area contributed by atoms with Gasteiger partial charge in [-0.15, -0.1) is 0 Å². The van der Waals surface area contributed by atoms with E-state index in [1.54, 1.807) is 6.20 Å². The minimum atomic E-state index is -0.481. The van der Waals surface area contributed by atoms with E-state index in [2.05, 4.69) is 9.88 Å². The number of hydrogen-bond acceptors (Lipinski definition) is 4. The first-order valence-electron chi connectivity index (χ1n) is 5.90. The number of nitrogens with zero attached hydrogens (tertiary/aromatic N) is 2. The Bertz CT molecular complexity index is 320. The second kappa shape index (κ2) is 5.27. The molecule has 1 aliphatic rings. The molecule has 0 bridgehead atoms. The molecular formula is C12H19N3O. The molecular weight excluding hydrogens is 202 g/mol. The molecule has 2 heterocycles. The minimum Gasteiger partial charge on any atom is -0.388 e. The molecule has 4 nitrogen and oxygen atoms in total. The van der Waals surface area contributed by atoms with E-state index in [-0.39, 0.29) is 0 Å². The van der Waals surface area contributed by atoms with Crippen molar-refractivity contribution in [2.75, 3.05) is 24.5 Å². The van der Waals surface area contributed by atoms with Gasteiger partial charge in [0, 0.05) is 19.3 Å². The van der Waals surface area contributed by atoms with E-state index in [4.69, 9.17) is 5.73 Å². The Morgan fingerprint density at radius 2 is 2.12 bits per heavy atom. The zero-order valence-corrected chi connectivity index (χ0v) is 9.47. The van der Waals surface area contributed by atoms with Gasteiger partial charge in [-0.1, -0.05) is 6.07 Å². The van der Waals surface area contributed by atoms with Gasteiger partial charge >= 0.3 is 0 Å². The fraction of sp³-hybridized carbons (Fsp3) is 0.583. The van der Waals surface area contributed by atoms with Gasteiger partial charge in [0.05, 0.1) is 6.10 Å². The van der Waals surface area contributed by atoms with Crippen molar-refractivity contribution in [2.24, 2.45) is 5.73 Å². The number of nitrogens with two attached hydrogens (primary N) is 1. The molecule has 0 amide bonds. The molecule has 1 aromatic rings. The van der Waals surface area contributed by atoms with Gasteiger partial charge in [-0.3, -0.25) is 0 Å². The van der Waals surface area contributed by atoms with Crippen LogP contribution in [-0.2, 0) is 0 Å². The van der Waals surface area contributed by atoms with Crippen LogP contribution in [0.3, 0.4) is 0 Å². The SMILES string of the molecule is NCC[C@@H](O)c1ccc(N2CCCC2)nc1. The molecule has 88 valence electrons. The van der Waals surface area contributed by atoms with E-state index in [0.29, 0.717) is 13.0 Å². The largest absolute Gasteiger partial charge is 0.388 e. The number of aliphatic hydroxyl groups is 1. The Balaban J connectivity index is 2.03. The number of aromatic nitrogens is 1. The van der Waals surface area contributed by atoms with Crippen molar-refractivity contribution in [1.82, 2.24) is 4.98 Å². The molecule has 2 rings (SSSR count). The zero-order chi connectivity index (χ0) is 11.4. The predicted molar refractivity (Wildman–Crippen MR) is 64.3 cm³/mol. The second-order valence-electron chi connectivity index (χ2n) is 4.24. The van der Waals surface area contributed by atoms with Gasteiger partial charge in [0.1, 0.15) is 5.82 Å². The number of pyridine rings is 1. The van der Waals surface area contributed by atoms with Gasteiger partial charge in [-0.2, -0.15) is 0 Å². The Morgan fingerprint density at radius 1 is 1.38 bits per heavy atom. The van der Waals surface area contributed by atoms with Crippen molar-refractivity contribution in [3.05, 3.63) is 23.9 Å². The summed E-state index contributed by atoms with van der Waals surface area (Å²) in [6.07, 6.45) is 4.36. The van der Waals surface area contributed by atoms with E-state index in [1.165, 1.54) is 12.8 Å². The number of hydrogen-bond donors (Lipinski definition) is 2. The normalized spacial score (nSPS) is 17.8. The third kappa shape index (κ3) is 2.51. The van der Waals surface area contributed by atoms with E-state index in [9.17, 15) is 5.11 Å². The van der Waals surface area contributed by atoms with Crippen LogP contribution in [-0.4, -0.2) is 29.7 Å². The highest BCUT2D eigenvalue weighted by molar-refractivity contribution is 5.40. The summed E-state index contributed by atoms with van der Waals surface area (Å²) in [5.74, 6) is 1.01. The highest BCUT2D eigenvalue weighted by Crippen LogP contribution is 2.20. The average molecular weight is 221 g/mol. The Labute approximate surface area is 96.1 Å². The third-order valence-corrected chi connectivity index (χ3v) is 3.03. The lowest BCUT2D eigenvalue weighted by molar-refractivity contribution is 0.170. The summed E-state index contributed by atoms with van der Waals surface area (Å²) in [6.45, 7) is 2.68. The lowest BCUT2D eigenvalue weighted by atomic mass is 10.1. The third-order valence-electron chi connectivity index (χ3n) is 3.03. The standard InChI is InChI=1S/C12H19N3O/c13-6-5-11(16)10-3-4-12(14-9-10)15-7-1-2-8-15/h3-4,9,11,16H,1-2,5-8,13H2/t11-/m1/s1. The van der Waals surface area contributed by atoms with Gasteiger partial charge in [0.15, 0.2) is 0 Å². The number of anilines is 1. The second-order valence-corrected chi connectivity index (χ2v) is 4.24. The molecule has 0 saturated carbocycles. The van der Waals surface area contributed by atoms with Crippen LogP contribution in [0.1, 0.15) is 30.9 Å². The van der Waals surface area contributed by atoms with Gasteiger partial charge in [-0.25, -0.2) is 4.98 Å². The molecule has 1 atom stereocenters. The van der Waals surface area contributed by atoms with E-state index in [0.717, 1.165) is 24.5 Å². The molecule has 1 aromatic heterocycles. The monoisotopic (exact) mass is 221 g/mol. The highest BCUT2D eigenvalue weighted by atomic mass is 16.3. The fourth-order valence-corrected chi connectivity index (χ4v) is 2.05. The molecule has 0 radical (unpaired) electrons. The average Bonchev–Trinajstić information content (AvgIpc) is 2.83.